The van der Waals surface area contributed by atoms with Crippen molar-refractivity contribution in [3.63, 3.8) is 0 Å². The molecule has 0 saturated heterocycles. The predicted molar refractivity (Wildman–Crippen MR) is 148 cm³/mol. The summed E-state index contributed by atoms with van der Waals surface area (Å²) >= 11 is 1.50. The number of rotatable bonds is 13. The second kappa shape index (κ2) is 15.0. The minimum Gasteiger partial charge on any atom is -1.00 e. The van der Waals surface area contributed by atoms with Crippen molar-refractivity contribution < 1.29 is 50.4 Å². The third-order valence-corrected chi connectivity index (χ3v) is 6.98. The molecule has 4 aromatic rings. The summed E-state index contributed by atoms with van der Waals surface area (Å²) in [5.41, 5.74) is 4.47. The molecule has 0 amide bonds. The molecule has 0 unspecified atom stereocenters. The third kappa shape index (κ3) is 8.40. The van der Waals surface area contributed by atoms with E-state index in [0.717, 1.165) is 27.6 Å². The number of ether oxygens (including phenoxy) is 2. The molecule has 38 heavy (non-hydrogen) atoms. The van der Waals surface area contributed by atoms with Gasteiger partial charge in [0.2, 0.25) is 0 Å². The zero-order valence-electron chi connectivity index (χ0n) is 23.2. The smallest absolute Gasteiger partial charge is 1.00 e. The van der Waals surface area contributed by atoms with Crippen LogP contribution in [0.25, 0.3) is 11.3 Å². The molecule has 2 aromatic heterocycles. The number of nitrogens with zero attached hydrogens (tertiary/aromatic N) is 2. The van der Waals surface area contributed by atoms with E-state index in [2.05, 4.69) is 60.2 Å². The Bertz CT molecular complexity index is 1290. The first kappa shape index (κ1) is 29.8. The fourth-order valence-electron chi connectivity index (χ4n) is 4.22. The maximum absolute atomic E-state index is 11.1. The summed E-state index contributed by atoms with van der Waals surface area (Å²) in [6.07, 6.45) is 7.65. The van der Waals surface area contributed by atoms with Gasteiger partial charge in [0.15, 0.2) is 0 Å². The molecule has 0 atom stereocenters. The summed E-state index contributed by atoms with van der Waals surface area (Å²) in [6, 6.07) is 18.2. The van der Waals surface area contributed by atoms with E-state index in [-0.39, 0.29) is 43.2 Å². The van der Waals surface area contributed by atoms with E-state index >= 15 is 0 Å². The third-order valence-electron chi connectivity index (χ3n) is 6.16. The van der Waals surface area contributed by atoms with Gasteiger partial charge in [0, 0.05) is 17.1 Å². The average Bonchev–Trinajstić information content (AvgIpc) is 3.40. The van der Waals surface area contributed by atoms with Crippen molar-refractivity contribution in [2.75, 3.05) is 0 Å². The second-order valence-electron chi connectivity index (χ2n) is 8.96. The first-order valence-corrected chi connectivity index (χ1v) is 13.5. The summed E-state index contributed by atoms with van der Waals surface area (Å²) in [6.45, 7) is 5.25. The van der Waals surface area contributed by atoms with Gasteiger partial charge in [-0.15, -0.1) is 11.3 Å². The number of pyridine rings is 1. The molecule has 0 aliphatic carbocycles. The molecule has 0 aliphatic rings. The maximum Gasteiger partial charge on any atom is 1.00 e. The molecule has 0 fully saturated rings. The fourth-order valence-corrected chi connectivity index (χ4v) is 4.93. The summed E-state index contributed by atoms with van der Waals surface area (Å²) in [4.78, 5) is 19.6. The van der Waals surface area contributed by atoms with Crippen molar-refractivity contribution in [1.29, 1.82) is 0 Å². The number of hydrogen-bond acceptors (Lipinski definition) is 6. The van der Waals surface area contributed by atoms with Crippen molar-refractivity contribution in [2.45, 2.75) is 58.7 Å². The minimum atomic E-state index is -1.04. The van der Waals surface area contributed by atoms with Gasteiger partial charge in [-0.05, 0) is 48.1 Å². The Labute approximate surface area is 251 Å². The van der Waals surface area contributed by atoms with Crippen molar-refractivity contribution >= 4 is 17.3 Å². The van der Waals surface area contributed by atoms with Gasteiger partial charge in [0.05, 0.1) is 17.5 Å². The largest absolute Gasteiger partial charge is 1.00 e. The molecule has 0 aliphatic heterocycles. The zero-order chi connectivity index (χ0) is 26.0. The molecule has 4 rings (SSSR count). The van der Waals surface area contributed by atoms with E-state index in [4.69, 9.17) is 14.6 Å². The van der Waals surface area contributed by atoms with Crippen LogP contribution in [-0.4, -0.2) is 21.0 Å². The first-order chi connectivity index (χ1) is 18.1. The summed E-state index contributed by atoms with van der Waals surface area (Å²) in [7, 11) is 0. The fraction of sp³-hybridized carbons (Fsp3) is 0.300. The average molecular weight is 541 g/mol. The van der Waals surface area contributed by atoms with Crippen molar-refractivity contribution in [2.24, 2.45) is 0 Å². The van der Waals surface area contributed by atoms with Crippen LogP contribution in [0.4, 0.5) is 0 Å². The van der Waals surface area contributed by atoms with Crippen LogP contribution >= 0.6 is 11.3 Å². The van der Waals surface area contributed by atoms with E-state index in [1.165, 1.54) is 61.0 Å². The van der Waals surface area contributed by atoms with Crippen LogP contribution < -0.4 is 39.0 Å². The van der Waals surface area contributed by atoms with Gasteiger partial charge in [-0.3, -0.25) is 4.98 Å². The number of hydrogen-bond donors (Lipinski definition) is 1. The number of carboxylic acid groups (broad SMARTS) is 1. The number of aromatic carboxylic acids is 1. The summed E-state index contributed by atoms with van der Waals surface area (Å²) in [5, 5.41) is 11.9. The normalized spacial score (nSPS) is 10.7. The number of aromatic nitrogens is 2. The summed E-state index contributed by atoms with van der Waals surface area (Å²) in [5.74, 6) is 0.879. The van der Waals surface area contributed by atoms with E-state index < -0.39 is 5.97 Å². The van der Waals surface area contributed by atoms with Crippen LogP contribution in [0.2, 0.25) is 0 Å². The molecule has 2 heterocycles. The van der Waals surface area contributed by atoms with Crippen LogP contribution in [0, 0.1) is 0 Å². The van der Waals surface area contributed by atoms with Crippen molar-refractivity contribution in [1.82, 2.24) is 9.97 Å². The van der Waals surface area contributed by atoms with Crippen molar-refractivity contribution in [3.05, 3.63) is 94.1 Å². The second-order valence-corrected chi connectivity index (χ2v) is 9.90. The Balaban J connectivity index is 0.00000267. The molecule has 0 radical (unpaired) electrons. The van der Waals surface area contributed by atoms with Gasteiger partial charge in [-0.2, -0.15) is 0 Å². The first-order valence-electron chi connectivity index (χ1n) is 12.6. The Hall–Kier alpha value is -2.71. The minimum absolute atomic E-state index is 0. The van der Waals surface area contributed by atoms with E-state index in [9.17, 15) is 4.79 Å². The van der Waals surface area contributed by atoms with Crippen molar-refractivity contribution in [3.8, 4) is 22.8 Å². The van der Waals surface area contributed by atoms with Crippen LogP contribution in [0.1, 0.15) is 73.4 Å². The Kier molecular flexibility index (Phi) is 11.8. The molecule has 194 valence electrons. The topological polar surface area (TPSA) is 81.5 Å². The van der Waals surface area contributed by atoms with Crippen LogP contribution in [-0.2, 0) is 13.2 Å². The SMILES string of the molecule is CCCC(CCC)c1ccc(OCc2ccc(-c3csc(COc4cncc(C(=O)O)c4)n3)cc2)cc1.[H-].[Na+]. The molecule has 8 heteroatoms. The number of carbonyl (C=O) groups is 1. The molecule has 6 nitrogen and oxygen atoms in total. The van der Waals surface area contributed by atoms with Gasteiger partial charge in [-0.25, -0.2) is 9.78 Å². The van der Waals surface area contributed by atoms with Crippen LogP contribution in [0.3, 0.4) is 0 Å². The van der Waals surface area contributed by atoms with Crippen LogP contribution in [0.5, 0.6) is 11.5 Å². The Morgan fingerprint density at radius 3 is 2.29 bits per heavy atom. The number of carboxylic acids is 1. The standard InChI is InChI=1S/C30H32N2O4S.Na.H/c1-3-5-22(6-4-2)23-11-13-26(14-12-23)35-18-21-7-9-24(10-8-21)28-20-37-29(32-28)19-36-27-15-25(30(33)34)16-31-17-27;;/h7-17,20,22H,3-6,18-19H2,1-2H3,(H,33,34);;/q;+1;-1. The Morgan fingerprint density at radius 1 is 0.947 bits per heavy atom. The molecule has 2 aromatic carbocycles. The zero-order valence-corrected chi connectivity index (χ0v) is 25.0. The predicted octanol–water partition coefficient (Wildman–Crippen LogP) is 4.86. The van der Waals surface area contributed by atoms with Gasteiger partial charge in [0.1, 0.15) is 29.7 Å². The van der Waals surface area contributed by atoms with Gasteiger partial charge < -0.3 is 16.0 Å². The van der Waals surface area contributed by atoms with Gasteiger partial charge in [-0.1, -0.05) is 63.1 Å². The molecule has 0 bridgehead atoms. The van der Waals surface area contributed by atoms with E-state index in [1.807, 2.05) is 17.5 Å². The number of thiazole rings is 1. The monoisotopic (exact) mass is 540 g/mol. The number of benzene rings is 2. The quantitative estimate of drug-likeness (QED) is 0.244. The van der Waals surface area contributed by atoms with E-state index in [0.29, 0.717) is 18.3 Å². The Morgan fingerprint density at radius 2 is 1.63 bits per heavy atom. The molecule has 0 saturated carbocycles. The van der Waals surface area contributed by atoms with Gasteiger partial charge in [0.25, 0.3) is 0 Å². The van der Waals surface area contributed by atoms with Gasteiger partial charge >= 0.3 is 35.5 Å². The maximum atomic E-state index is 11.1. The molecule has 1 N–H and O–H groups in total. The molecule has 0 spiro atoms. The van der Waals surface area contributed by atoms with Crippen LogP contribution in [0.15, 0.2) is 72.4 Å². The molecular weight excluding hydrogens is 507 g/mol. The summed E-state index contributed by atoms with van der Waals surface area (Å²) < 4.78 is 11.7. The van der Waals surface area contributed by atoms with E-state index in [1.54, 1.807) is 0 Å². The molecular formula is C30H33N2NaO4S.